The molecule has 438 valence electrons. The minimum absolute atomic E-state index is 0.0189. The van der Waals surface area contributed by atoms with Crippen LogP contribution in [0.15, 0.2) is 23.2 Å². The number of hydrogen-bond acceptors (Lipinski definition) is 18. The molecule has 11 N–H and O–H groups in total. The molecule has 0 saturated carbocycles. The normalized spacial score (nSPS) is 29.7. The first-order chi connectivity index (χ1) is 37.8. The van der Waals surface area contributed by atoms with Gasteiger partial charge in [0.2, 0.25) is 53.0 Å². The van der Waals surface area contributed by atoms with Crippen LogP contribution in [0.5, 0.6) is 5.75 Å². The number of nitrogens with one attached hydrogen (secondary N) is 6. The Morgan fingerprint density at radius 2 is 1.55 bits per heavy atom. The summed E-state index contributed by atoms with van der Waals surface area (Å²) >= 11 is 0. The number of benzene rings is 1. The lowest BCUT2D eigenvalue weighted by Gasteiger charge is -2.45. The van der Waals surface area contributed by atoms with E-state index in [4.69, 9.17) is 10.5 Å². The van der Waals surface area contributed by atoms with Gasteiger partial charge >= 0.3 is 0 Å². The van der Waals surface area contributed by atoms with E-state index in [1.165, 1.54) is 34.9 Å². The Kier molecular flexibility index (Phi) is 19.4. The number of ketones is 3. The predicted molar refractivity (Wildman–Crippen MR) is 281 cm³/mol. The average Bonchev–Trinajstić information content (AvgIpc) is 4.06. The smallest absolute Gasteiger partial charge is 0.243 e. The maximum atomic E-state index is 16.1. The first-order valence-electron chi connectivity index (χ1n) is 27.3. The minimum Gasteiger partial charge on any atom is -0.465 e. The van der Waals surface area contributed by atoms with E-state index in [1.54, 1.807) is 20.8 Å². The summed E-state index contributed by atoms with van der Waals surface area (Å²) in [6.45, 7) is 3.49. The van der Waals surface area contributed by atoms with Crippen molar-refractivity contribution in [2.75, 3.05) is 38.5 Å². The van der Waals surface area contributed by atoms with E-state index in [2.05, 4.69) is 31.6 Å². The van der Waals surface area contributed by atoms with Crippen LogP contribution < -0.4 is 37.1 Å². The van der Waals surface area contributed by atoms with Crippen LogP contribution in [-0.2, 0) is 69.0 Å². The van der Waals surface area contributed by atoms with E-state index < -0.39 is 203 Å². The van der Waals surface area contributed by atoms with Gasteiger partial charge in [-0.2, -0.15) is 0 Å². The predicted octanol–water partition coefficient (Wildman–Crippen LogP) is -2.30. The van der Waals surface area contributed by atoms with Gasteiger partial charge in [0.05, 0.1) is 55.3 Å². The van der Waals surface area contributed by atoms with Crippen molar-refractivity contribution < 1.29 is 81.2 Å². The first kappa shape index (κ1) is 61.0. The standard InChI is InChI=1S/C53H73N9O17S/c1-5-26(2)45-50(75)56-21-42(69)57-36-25-80(77,78)51-34-15-30(48(73)55-22-43(70)59-45)17-39(66)46(28(4)40(67)24-63)60-49(74)37-19-31(64)23-62(37)53(47(72)29(16-38(36)65)18-41(54)68,79-32-10-11-33(34)35(20-32)58-51)12-8-6-7-9-13-61-44(71)14-27(3)52(61)76/h10-11,20,26-31,36-37,40,45-46,58,63-64,67H,5-9,12-19,21-25H2,1-4H3,(H2,54,68)(H,55,73)(H,56,75)(H,57,69)(H,59,70)(H,60,74)/t26-,27?,28-,29-,30+,31?,36-,37-,40-,45-,46-,53?/m0/s1. The molecule has 0 spiro atoms. The number of amides is 8. The molecule has 5 aliphatic heterocycles. The van der Waals surface area contributed by atoms with Crippen LogP contribution in [0.3, 0.4) is 0 Å². The zero-order valence-electron chi connectivity index (χ0n) is 45.2. The number of aromatic nitrogens is 1. The quantitative estimate of drug-likeness (QED) is 0.0702. The molecule has 7 rings (SSSR count). The molecule has 2 fully saturated rings. The molecule has 1 aromatic heterocycles. The number of imide groups is 1. The second-order valence-electron chi connectivity index (χ2n) is 22.1. The molecule has 1 aromatic carbocycles. The summed E-state index contributed by atoms with van der Waals surface area (Å²) < 4.78 is 37.1. The largest absolute Gasteiger partial charge is 0.465 e. The van der Waals surface area contributed by atoms with Crippen LogP contribution >= 0.6 is 0 Å². The number of carbonyl (C=O) groups is 11. The van der Waals surface area contributed by atoms with E-state index in [-0.39, 0.29) is 59.8 Å². The van der Waals surface area contributed by atoms with Crippen LogP contribution in [0, 0.1) is 29.6 Å². The molecule has 8 bridgehead atoms. The number of aromatic amines is 1. The highest BCUT2D eigenvalue weighted by Crippen LogP contribution is 2.41. The zero-order chi connectivity index (χ0) is 58.5. The molecule has 2 saturated heterocycles. The van der Waals surface area contributed by atoms with Crippen molar-refractivity contribution in [2.24, 2.45) is 35.3 Å². The number of sulfone groups is 1. The van der Waals surface area contributed by atoms with E-state index in [0.29, 0.717) is 25.7 Å². The van der Waals surface area contributed by atoms with Crippen molar-refractivity contribution in [2.45, 2.75) is 152 Å². The van der Waals surface area contributed by atoms with E-state index in [1.807, 2.05) is 0 Å². The highest BCUT2D eigenvalue weighted by atomic mass is 32.2. The topological polar surface area (TPSA) is 400 Å². The number of Topliss-reactive ketones (excluding diaryl/α,β-unsaturated/α-hetero) is 3. The molecule has 80 heavy (non-hydrogen) atoms. The van der Waals surface area contributed by atoms with Gasteiger partial charge in [-0.3, -0.25) is 57.6 Å². The number of nitrogens with two attached hydrogens (primary N) is 1. The van der Waals surface area contributed by atoms with Gasteiger partial charge in [-0.05, 0) is 49.3 Å². The molecule has 0 radical (unpaired) electrons. The number of ether oxygens (including phenoxy) is 1. The van der Waals surface area contributed by atoms with Crippen molar-refractivity contribution in [3.05, 3.63) is 23.8 Å². The van der Waals surface area contributed by atoms with Crippen LogP contribution in [0.4, 0.5) is 0 Å². The third-order valence-electron chi connectivity index (χ3n) is 16.3. The summed E-state index contributed by atoms with van der Waals surface area (Å²) in [7, 11) is -4.88. The van der Waals surface area contributed by atoms with Gasteiger partial charge in [0.25, 0.3) is 0 Å². The Morgan fingerprint density at radius 1 is 0.863 bits per heavy atom. The fourth-order valence-corrected chi connectivity index (χ4v) is 13.2. The maximum Gasteiger partial charge on any atom is 0.243 e. The number of primary amides is 1. The highest BCUT2D eigenvalue weighted by molar-refractivity contribution is 7.91. The Morgan fingerprint density at radius 3 is 2.21 bits per heavy atom. The second kappa shape index (κ2) is 25.4. The average molecular weight is 1140 g/mol. The number of nitrogens with zero attached hydrogens (tertiary/aromatic N) is 2. The van der Waals surface area contributed by atoms with Crippen molar-refractivity contribution in [3.63, 3.8) is 0 Å². The van der Waals surface area contributed by atoms with E-state index in [9.17, 15) is 58.5 Å². The number of H-pyrrole nitrogens is 1. The number of likely N-dealkylation sites (tertiary alicyclic amines) is 1. The van der Waals surface area contributed by atoms with Gasteiger partial charge in [0.1, 0.15) is 22.9 Å². The Hall–Kier alpha value is -6.68. The molecule has 0 aliphatic carbocycles. The lowest BCUT2D eigenvalue weighted by Crippen LogP contribution is -2.65. The number of aliphatic hydroxyl groups excluding tert-OH is 3. The Bertz CT molecular complexity index is 2910. The van der Waals surface area contributed by atoms with Crippen molar-refractivity contribution in [1.29, 1.82) is 0 Å². The van der Waals surface area contributed by atoms with Gasteiger partial charge < -0.3 is 57.4 Å². The number of hydrogen-bond donors (Lipinski definition) is 10. The molecular formula is C53H73N9O17S. The maximum absolute atomic E-state index is 16.1. The number of carbonyl (C=O) groups excluding carboxylic acids is 11. The van der Waals surface area contributed by atoms with Crippen LogP contribution in [0.1, 0.15) is 104 Å². The Balaban J connectivity index is 1.47. The van der Waals surface area contributed by atoms with Gasteiger partial charge in [-0.1, -0.05) is 47.0 Å². The number of fused-ring (bicyclic) bond motifs is 7. The van der Waals surface area contributed by atoms with Gasteiger partial charge in [0.15, 0.2) is 27.2 Å². The molecule has 26 nitrogen and oxygen atoms in total. The van der Waals surface area contributed by atoms with Crippen LogP contribution in [0.2, 0.25) is 0 Å². The SMILES string of the molecule is CC[C@H](C)[C@@H]1NC(=O)CNC(=O)[C@H]2CC(=O)[C@H]([C@@H](C)[C@@H](O)CO)NC(=O)[C@@H]3CC(O)CN3C3(CCCCCCN4C(=O)CC(C)C4=O)Oc4ccc5c(c([nH]c5c4)S(=O)(=O)C[C@H](NC(=O)CNC1=O)C(=O)C[C@@H](CC(N)=O)C3=O)C2. The Labute approximate surface area is 461 Å². The molecule has 8 amide bonds. The van der Waals surface area contributed by atoms with Gasteiger partial charge in [0, 0.05) is 80.3 Å². The van der Waals surface area contributed by atoms with Crippen molar-refractivity contribution in [3.8, 4) is 5.75 Å². The van der Waals surface area contributed by atoms with Gasteiger partial charge in [-0.15, -0.1) is 0 Å². The lowest BCUT2D eigenvalue weighted by molar-refractivity contribution is -0.168. The fourth-order valence-electron chi connectivity index (χ4n) is 11.5. The molecule has 27 heteroatoms. The summed E-state index contributed by atoms with van der Waals surface area (Å²) in [4.78, 5) is 161. The molecule has 12 atom stereocenters. The van der Waals surface area contributed by atoms with Gasteiger partial charge in [-0.25, -0.2) is 13.3 Å². The zero-order valence-corrected chi connectivity index (χ0v) is 46.1. The van der Waals surface area contributed by atoms with E-state index >= 15 is 18.0 Å². The molecule has 5 aliphatic rings. The summed E-state index contributed by atoms with van der Waals surface area (Å²) in [5.41, 5.74) is 3.28. The van der Waals surface area contributed by atoms with E-state index in [0.717, 1.165) is 0 Å². The molecule has 3 unspecified atom stereocenters. The minimum atomic E-state index is -4.88. The summed E-state index contributed by atoms with van der Waals surface area (Å²) in [6, 6.07) is -2.49. The summed E-state index contributed by atoms with van der Waals surface area (Å²) in [5, 5.41) is 44.9. The van der Waals surface area contributed by atoms with Crippen molar-refractivity contribution in [1.82, 2.24) is 41.4 Å². The molecule has 2 aromatic rings. The second-order valence-corrected chi connectivity index (χ2v) is 24.0. The van der Waals surface area contributed by atoms with Crippen molar-refractivity contribution >= 4 is 85.3 Å². The fraction of sp³-hybridized carbons (Fsp3) is 0.642. The highest BCUT2D eigenvalue weighted by Gasteiger charge is 2.57. The van der Waals surface area contributed by atoms with Crippen LogP contribution in [0.25, 0.3) is 10.9 Å². The summed E-state index contributed by atoms with van der Waals surface area (Å²) in [6.07, 6.45) is -5.53. The lowest BCUT2D eigenvalue weighted by atomic mass is 9.82. The third-order valence-corrected chi connectivity index (χ3v) is 18.0. The number of rotatable bonds is 14. The first-order valence-corrected chi connectivity index (χ1v) is 28.9. The molecular weight excluding hydrogens is 1070 g/mol. The monoisotopic (exact) mass is 1140 g/mol. The number of unbranched alkanes of at least 4 members (excludes halogenated alkanes) is 3. The van der Waals surface area contributed by atoms with Crippen LogP contribution in [-0.4, -0.2) is 184 Å². The molecule has 6 heterocycles. The number of aliphatic hydroxyl groups is 3. The summed E-state index contributed by atoms with van der Waals surface area (Å²) in [5.74, 6) is -16.6. The third kappa shape index (κ3) is 13.4.